The number of thiophene rings is 1. The molecule has 0 bridgehead atoms. The molecule has 10 heteroatoms. The molecule has 8 nitrogen and oxygen atoms in total. The molecule has 5 rings (SSSR count). The quantitative estimate of drug-likeness (QED) is 0.394. The Morgan fingerprint density at radius 3 is 2.91 bits per heavy atom. The fourth-order valence-electron chi connectivity index (χ4n) is 4.42. The van der Waals surface area contributed by atoms with Crippen molar-refractivity contribution in [3.8, 4) is 11.4 Å². The number of hydrogen-bond donors (Lipinski definition) is 1. The Morgan fingerprint density at radius 2 is 2.18 bits per heavy atom. The van der Waals surface area contributed by atoms with Crippen molar-refractivity contribution >= 4 is 39.2 Å². The average molecular weight is 501 g/mol. The van der Waals surface area contributed by atoms with Crippen LogP contribution in [-0.2, 0) is 22.5 Å². The first-order valence-corrected chi connectivity index (χ1v) is 13.2. The van der Waals surface area contributed by atoms with E-state index in [1.807, 2.05) is 24.3 Å². The van der Waals surface area contributed by atoms with E-state index in [2.05, 4.69) is 17.3 Å². The Kier molecular flexibility index (Phi) is 6.91. The van der Waals surface area contributed by atoms with E-state index in [9.17, 15) is 9.59 Å². The van der Waals surface area contributed by atoms with E-state index in [0.29, 0.717) is 28.5 Å². The summed E-state index contributed by atoms with van der Waals surface area (Å²) in [7, 11) is 3.70. The van der Waals surface area contributed by atoms with Crippen LogP contribution in [-0.4, -0.2) is 66.1 Å². The van der Waals surface area contributed by atoms with Crippen LogP contribution in [0.15, 0.2) is 34.2 Å². The Labute approximate surface area is 206 Å². The molecule has 34 heavy (non-hydrogen) atoms. The van der Waals surface area contributed by atoms with Gasteiger partial charge in [-0.05, 0) is 56.1 Å². The maximum Gasteiger partial charge on any atom is 0.267 e. The van der Waals surface area contributed by atoms with E-state index >= 15 is 0 Å². The van der Waals surface area contributed by atoms with Crippen LogP contribution in [0.5, 0.6) is 5.75 Å². The van der Waals surface area contributed by atoms with Crippen LogP contribution >= 0.6 is 23.1 Å². The van der Waals surface area contributed by atoms with Crippen molar-refractivity contribution < 1.29 is 14.3 Å². The average Bonchev–Trinajstić information content (AvgIpc) is 3.49. The monoisotopic (exact) mass is 500 g/mol. The maximum atomic E-state index is 13.8. The van der Waals surface area contributed by atoms with E-state index in [1.165, 1.54) is 16.6 Å². The third-order valence-corrected chi connectivity index (χ3v) is 8.30. The number of likely N-dealkylation sites (N-methyl/N-ethyl adjacent to an activating group) is 1. The third-order valence-electron chi connectivity index (χ3n) is 6.25. The van der Waals surface area contributed by atoms with E-state index in [0.717, 1.165) is 49.4 Å². The number of thioether (sulfide) groups is 1. The van der Waals surface area contributed by atoms with Gasteiger partial charge in [0.25, 0.3) is 5.56 Å². The van der Waals surface area contributed by atoms with Gasteiger partial charge in [-0.25, -0.2) is 4.98 Å². The molecule has 2 aliphatic rings. The van der Waals surface area contributed by atoms with Crippen LogP contribution in [0.4, 0.5) is 0 Å². The first-order valence-electron chi connectivity index (χ1n) is 11.4. The van der Waals surface area contributed by atoms with Crippen LogP contribution in [0.3, 0.4) is 0 Å². The predicted octanol–water partition coefficient (Wildman–Crippen LogP) is 2.83. The highest BCUT2D eigenvalue weighted by molar-refractivity contribution is 7.99. The Hall–Kier alpha value is -2.40. The Bertz CT molecular complexity index is 1250. The van der Waals surface area contributed by atoms with E-state index < -0.39 is 0 Å². The van der Waals surface area contributed by atoms with E-state index in [4.69, 9.17) is 14.5 Å². The Morgan fingerprint density at radius 1 is 1.35 bits per heavy atom. The molecule has 1 aromatic carbocycles. The van der Waals surface area contributed by atoms with Crippen molar-refractivity contribution in [1.29, 1.82) is 0 Å². The normalized spacial score (nSPS) is 18.2. The molecule has 4 heterocycles. The predicted molar refractivity (Wildman–Crippen MR) is 135 cm³/mol. The second kappa shape index (κ2) is 10.1. The molecule has 1 atom stereocenters. The minimum absolute atomic E-state index is 0.0838. The van der Waals surface area contributed by atoms with Crippen molar-refractivity contribution in [2.75, 3.05) is 39.6 Å². The number of carbonyl (C=O) groups is 1. The molecule has 1 N–H and O–H groups in total. The Balaban J connectivity index is 1.48. The van der Waals surface area contributed by atoms with Gasteiger partial charge >= 0.3 is 0 Å². The SMILES string of the molecule is COc1ccc(-n2c(SCC(=O)NC[C@H]3CCCO3)nc3sc4c(c3c2=O)CCN(C)C4)cc1. The van der Waals surface area contributed by atoms with Crippen molar-refractivity contribution in [1.82, 2.24) is 19.8 Å². The maximum absolute atomic E-state index is 13.8. The zero-order chi connectivity index (χ0) is 23.7. The number of rotatable bonds is 7. The number of ether oxygens (including phenoxy) is 2. The van der Waals surface area contributed by atoms with Gasteiger partial charge < -0.3 is 19.7 Å². The molecule has 2 aromatic heterocycles. The summed E-state index contributed by atoms with van der Waals surface area (Å²) in [5.74, 6) is 0.794. The summed E-state index contributed by atoms with van der Waals surface area (Å²) in [6.07, 6.45) is 2.94. The first kappa shape index (κ1) is 23.3. The summed E-state index contributed by atoms with van der Waals surface area (Å²) >= 11 is 2.87. The molecular weight excluding hydrogens is 472 g/mol. The molecule has 0 saturated carbocycles. The lowest BCUT2D eigenvalue weighted by atomic mass is 10.1. The van der Waals surface area contributed by atoms with Gasteiger partial charge in [-0.1, -0.05) is 11.8 Å². The number of aromatic nitrogens is 2. The number of nitrogens with zero attached hydrogens (tertiary/aromatic N) is 3. The number of carbonyl (C=O) groups excluding carboxylic acids is 1. The van der Waals surface area contributed by atoms with Crippen molar-refractivity contribution in [2.24, 2.45) is 0 Å². The van der Waals surface area contributed by atoms with Crippen LogP contribution in [0.1, 0.15) is 23.3 Å². The van der Waals surface area contributed by atoms with Crippen LogP contribution in [0.2, 0.25) is 0 Å². The molecule has 0 unspecified atom stereocenters. The molecule has 0 aliphatic carbocycles. The van der Waals surface area contributed by atoms with Gasteiger partial charge in [-0.3, -0.25) is 14.2 Å². The second-order valence-corrected chi connectivity index (χ2v) is 10.7. The van der Waals surface area contributed by atoms with Gasteiger partial charge in [0.2, 0.25) is 5.91 Å². The highest BCUT2D eigenvalue weighted by Crippen LogP contribution is 2.34. The zero-order valence-electron chi connectivity index (χ0n) is 19.3. The van der Waals surface area contributed by atoms with Gasteiger partial charge in [0.1, 0.15) is 10.6 Å². The summed E-state index contributed by atoms with van der Waals surface area (Å²) in [5.41, 5.74) is 1.73. The highest BCUT2D eigenvalue weighted by Gasteiger charge is 2.25. The standard InChI is InChI=1S/C24H28N4O4S2/c1-27-10-9-18-19(13-27)34-22-21(18)23(30)28(15-5-7-16(31-2)8-6-15)24(26-22)33-14-20(29)25-12-17-4-3-11-32-17/h5-8,17H,3-4,9-14H2,1-2H3,(H,25,29)/t17-/m1/s1. The van der Waals surface area contributed by atoms with Crippen LogP contribution in [0, 0.1) is 0 Å². The van der Waals surface area contributed by atoms with Crippen molar-refractivity contribution in [3.63, 3.8) is 0 Å². The molecule has 0 radical (unpaired) electrons. The summed E-state index contributed by atoms with van der Waals surface area (Å²) in [5, 5.41) is 4.17. The lowest BCUT2D eigenvalue weighted by molar-refractivity contribution is -0.119. The van der Waals surface area contributed by atoms with E-state index in [1.54, 1.807) is 23.0 Å². The van der Waals surface area contributed by atoms with Gasteiger partial charge in [0.15, 0.2) is 5.16 Å². The molecule has 1 saturated heterocycles. The summed E-state index contributed by atoms with van der Waals surface area (Å²) in [4.78, 5) is 35.4. The summed E-state index contributed by atoms with van der Waals surface area (Å²) in [6, 6.07) is 7.35. The van der Waals surface area contributed by atoms with Gasteiger partial charge in [-0.2, -0.15) is 0 Å². The zero-order valence-corrected chi connectivity index (χ0v) is 21.0. The molecule has 2 aliphatic heterocycles. The minimum Gasteiger partial charge on any atom is -0.497 e. The molecule has 1 amide bonds. The highest BCUT2D eigenvalue weighted by atomic mass is 32.2. The lowest BCUT2D eigenvalue weighted by Gasteiger charge is -2.21. The number of nitrogens with one attached hydrogen (secondary N) is 1. The van der Waals surface area contributed by atoms with Crippen molar-refractivity contribution in [3.05, 3.63) is 45.1 Å². The number of fused-ring (bicyclic) bond motifs is 3. The van der Waals surface area contributed by atoms with Crippen molar-refractivity contribution in [2.45, 2.75) is 37.1 Å². The topological polar surface area (TPSA) is 85.7 Å². The molecule has 3 aromatic rings. The molecule has 1 fully saturated rings. The first-order chi connectivity index (χ1) is 16.5. The minimum atomic E-state index is -0.0942. The fraction of sp³-hybridized carbons (Fsp3) is 0.458. The van der Waals surface area contributed by atoms with Crippen LogP contribution in [0.25, 0.3) is 15.9 Å². The summed E-state index contributed by atoms with van der Waals surface area (Å²) in [6.45, 7) is 3.02. The van der Waals surface area contributed by atoms with Crippen LogP contribution < -0.4 is 15.6 Å². The third kappa shape index (κ3) is 4.72. The number of hydrogen-bond acceptors (Lipinski definition) is 8. The second-order valence-electron chi connectivity index (χ2n) is 8.63. The summed E-state index contributed by atoms with van der Waals surface area (Å²) < 4.78 is 12.5. The number of amides is 1. The van der Waals surface area contributed by atoms with Gasteiger partial charge in [-0.15, -0.1) is 11.3 Å². The largest absolute Gasteiger partial charge is 0.497 e. The smallest absolute Gasteiger partial charge is 0.267 e. The molecule has 0 spiro atoms. The van der Waals surface area contributed by atoms with Gasteiger partial charge in [0.05, 0.1) is 30.0 Å². The van der Waals surface area contributed by atoms with E-state index in [-0.39, 0.29) is 23.3 Å². The fourth-order valence-corrected chi connectivity index (χ4v) is 6.61. The number of methoxy groups -OCH3 is 1. The molecule has 180 valence electrons. The molecular formula is C24H28N4O4S2. The van der Waals surface area contributed by atoms with Gasteiger partial charge in [0, 0.05) is 31.1 Å². The lowest BCUT2D eigenvalue weighted by Crippen LogP contribution is -2.33. The number of benzene rings is 1.